The Morgan fingerprint density at radius 2 is 1.78 bits per heavy atom. The largest absolute Gasteiger partial charge is 0.478 e. The van der Waals surface area contributed by atoms with Gasteiger partial charge in [-0.05, 0) is 0 Å². The first-order chi connectivity index (χ1) is 8.32. The molecule has 0 aliphatic heterocycles. The first-order valence-electron chi connectivity index (χ1n) is 5.03. The number of carbonyl (C=O) groups is 4. The first-order valence-corrected chi connectivity index (χ1v) is 5.03. The number of hydrogen-bond acceptors (Lipinski definition) is 4. The molecule has 0 aromatic rings. The lowest BCUT2D eigenvalue weighted by Crippen LogP contribution is -2.40. The van der Waals surface area contributed by atoms with Gasteiger partial charge in [0.15, 0.2) is 0 Å². The minimum atomic E-state index is -1.29. The average molecular weight is 257 g/mol. The van der Waals surface area contributed by atoms with Gasteiger partial charge in [-0.25, -0.2) is 9.59 Å². The molecule has 8 heteroatoms. The van der Waals surface area contributed by atoms with Gasteiger partial charge in [-0.15, -0.1) is 0 Å². The number of nitrogens with one attached hydrogen (secondary N) is 2. The lowest BCUT2D eigenvalue weighted by atomic mass is 10.4. The quantitative estimate of drug-likeness (QED) is 0.542. The molecule has 0 radical (unpaired) electrons. The summed E-state index contributed by atoms with van der Waals surface area (Å²) in [6.45, 7) is 0.0821. The van der Waals surface area contributed by atoms with Crippen LogP contribution in [0.4, 0.5) is 4.79 Å². The normalized spacial score (nSPS) is 9.89. The van der Waals surface area contributed by atoms with Crippen LogP contribution in [0, 0.1) is 0 Å². The molecular weight excluding hydrogens is 242 g/mol. The van der Waals surface area contributed by atoms with Crippen LogP contribution in [0.1, 0.15) is 6.42 Å². The van der Waals surface area contributed by atoms with Crippen molar-refractivity contribution in [3.63, 3.8) is 0 Å². The number of aliphatic carboxylic acids is 1. The Bertz CT molecular complexity index is 376. The molecule has 0 rings (SSSR count). The lowest BCUT2D eigenvalue weighted by molar-refractivity contribution is -0.132. The Hall–Kier alpha value is -2.38. The lowest BCUT2D eigenvalue weighted by Gasteiger charge is -2.10. The molecule has 0 aliphatic carbocycles. The predicted octanol–water partition coefficient (Wildman–Crippen LogP) is -1.07. The van der Waals surface area contributed by atoms with Crippen LogP contribution in [-0.4, -0.2) is 54.5 Å². The summed E-state index contributed by atoms with van der Waals surface area (Å²) >= 11 is 0. The van der Waals surface area contributed by atoms with Gasteiger partial charge in [0.1, 0.15) is 0 Å². The van der Waals surface area contributed by atoms with Gasteiger partial charge in [0.05, 0.1) is 0 Å². The Kier molecular flexibility index (Phi) is 6.79. The molecule has 0 heterocycles. The maximum absolute atomic E-state index is 11.1. The number of imide groups is 1. The molecule has 0 atom stereocenters. The first kappa shape index (κ1) is 15.6. The zero-order valence-corrected chi connectivity index (χ0v) is 10.1. The van der Waals surface area contributed by atoms with E-state index in [2.05, 4.69) is 5.32 Å². The van der Waals surface area contributed by atoms with Gasteiger partial charge >= 0.3 is 12.0 Å². The zero-order valence-electron chi connectivity index (χ0n) is 10.1. The van der Waals surface area contributed by atoms with Crippen LogP contribution in [0.3, 0.4) is 0 Å². The van der Waals surface area contributed by atoms with Crippen molar-refractivity contribution >= 4 is 23.8 Å². The average Bonchev–Trinajstić information content (AvgIpc) is 2.25. The number of carboxylic acids is 1. The fraction of sp³-hybridized carbons (Fsp3) is 0.400. The monoisotopic (exact) mass is 257 g/mol. The highest BCUT2D eigenvalue weighted by molar-refractivity contribution is 6.02. The van der Waals surface area contributed by atoms with Gasteiger partial charge in [-0.3, -0.25) is 14.9 Å². The van der Waals surface area contributed by atoms with Crippen molar-refractivity contribution in [1.29, 1.82) is 0 Å². The number of carbonyl (C=O) groups excluding carboxylic acids is 3. The third-order valence-electron chi connectivity index (χ3n) is 1.74. The zero-order chi connectivity index (χ0) is 14.1. The van der Waals surface area contributed by atoms with Crippen LogP contribution in [-0.2, 0) is 14.4 Å². The summed E-state index contributed by atoms with van der Waals surface area (Å²) in [5, 5.41) is 12.4. The molecule has 0 fully saturated rings. The number of amides is 4. The molecule has 3 N–H and O–H groups in total. The maximum Gasteiger partial charge on any atom is 0.328 e. The minimum absolute atomic E-state index is 0.0821. The van der Waals surface area contributed by atoms with Crippen molar-refractivity contribution in [3.05, 3.63) is 12.2 Å². The molecule has 0 saturated carbocycles. The molecule has 0 aromatic carbocycles. The predicted molar refractivity (Wildman–Crippen MR) is 61.6 cm³/mol. The molecule has 0 bridgehead atoms. The standard InChI is InChI=1S/C10H15N3O5/c1-13(2)8(15)5-6-11-10(18)12-7(14)3-4-9(16)17/h3-4H,5-6H2,1-2H3,(H,16,17)(H2,11,12,14,18). The van der Waals surface area contributed by atoms with Gasteiger partial charge in [-0.2, -0.15) is 0 Å². The molecule has 0 saturated heterocycles. The van der Waals surface area contributed by atoms with E-state index < -0.39 is 17.9 Å². The Labute approximate surface area is 104 Å². The van der Waals surface area contributed by atoms with Crippen LogP contribution in [0.25, 0.3) is 0 Å². The van der Waals surface area contributed by atoms with E-state index in [9.17, 15) is 19.2 Å². The molecule has 100 valence electrons. The SMILES string of the molecule is CN(C)C(=O)CCNC(=O)NC(=O)C=CC(=O)O. The van der Waals surface area contributed by atoms with E-state index in [-0.39, 0.29) is 18.9 Å². The van der Waals surface area contributed by atoms with Gasteiger partial charge in [-0.1, -0.05) is 0 Å². The van der Waals surface area contributed by atoms with E-state index in [0.29, 0.717) is 12.2 Å². The number of nitrogens with zero attached hydrogens (tertiary/aromatic N) is 1. The molecule has 0 aromatic heterocycles. The Morgan fingerprint density at radius 3 is 2.28 bits per heavy atom. The van der Waals surface area contributed by atoms with Crippen molar-refractivity contribution in [3.8, 4) is 0 Å². The number of rotatable bonds is 5. The fourth-order valence-corrected chi connectivity index (χ4v) is 0.851. The second kappa shape index (κ2) is 7.82. The molecule has 8 nitrogen and oxygen atoms in total. The molecule has 0 spiro atoms. The Balaban J connectivity index is 3.88. The van der Waals surface area contributed by atoms with Gasteiger partial charge < -0.3 is 15.3 Å². The van der Waals surface area contributed by atoms with Gasteiger partial charge in [0.25, 0.3) is 5.91 Å². The summed E-state index contributed by atoms with van der Waals surface area (Å²) in [6, 6.07) is -0.790. The molecular formula is C10H15N3O5. The smallest absolute Gasteiger partial charge is 0.328 e. The van der Waals surface area contributed by atoms with Crippen LogP contribution >= 0.6 is 0 Å². The summed E-state index contributed by atoms with van der Waals surface area (Å²) in [5.74, 6) is -2.30. The third kappa shape index (κ3) is 7.85. The van der Waals surface area contributed by atoms with Crippen molar-refractivity contribution < 1.29 is 24.3 Å². The van der Waals surface area contributed by atoms with Gasteiger partial charge in [0.2, 0.25) is 5.91 Å². The Morgan fingerprint density at radius 1 is 1.17 bits per heavy atom. The summed E-state index contributed by atoms with van der Waals surface area (Å²) in [4.78, 5) is 44.7. The van der Waals surface area contributed by atoms with E-state index in [1.54, 1.807) is 14.1 Å². The van der Waals surface area contributed by atoms with E-state index in [1.807, 2.05) is 5.32 Å². The third-order valence-corrected chi connectivity index (χ3v) is 1.74. The van der Waals surface area contributed by atoms with Crippen LogP contribution < -0.4 is 10.6 Å². The topological polar surface area (TPSA) is 116 Å². The van der Waals surface area contributed by atoms with Crippen molar-refractivity contribution in [1.82, 2.24) is 15.5 Å². The number of carboxylic acid groups (broad SMARTS) is 1. The van der Waals surface area contributed by atoms with Crippen molar-refractivity contribution in [2.45, 2.75) is 6.42 Å². The van der Waals surface area contributed by atoms with Crippen LogP contribution in [0.2, 0.25) is 0 Å². The highest BCUT2D eigenvalue weighted by Gasteiger charge is 2.07. The summed E-state index contributed by atoms with van der Waals surface area (Å²) < 4.78 is 0. The van der Waals surface area contributed by atoms with Crippen molar-refractivity contribution in [2.24, 2.45) is 0 Å². The summed E-state index contributed by atoms with van der Waals surface area (Å²) in [5.41, 5.74) is 0. The van der Waals surface area contributed by atoms with Gasteiger partial charge in [0, 0.05) is 39.2 Å². The summed E-state index contributed by atoms with van der Waals surface area (Å²) in [6.07, 6.45) is 1.44. The van der Waals surface area contributed by atoms with E-state index in [1.165, 1.54) is 4.90 Å². The van der Waals surface area contributed by atoms with E-state index in [0.717, 1.165) is 0 Å². The van der Waals surface area contributed by atoms with E-state index >= 15 is 0 Å². The van der Waals surface area contributed by atoms with Crippen molar-refractivity contribution in [2.75, 3.05) is 20.6 Å². The highest BCUT2D eigenvalue weighted by atomic mass is 16.4. The molecule has 4 amide bonds. The number of hydrogen-bond donors (Lipinski definition) is 3. The molecule has 0 aliphatic rings. The fourth-order valence-electron chi connectivity index (χ4n) is 0.851. The molecule has 0 unspecified atom stereocenters. The second-order valence-electron chi connectivity index (χ2n) is 3.45. The second-order valence-corrected chi connectivity index (χ2v) is 3.45. The highest BCUT2D eigenvalue weighted by Crippen LogP contribution is 1.84. The maximum atomic E-state index is 11.1. The molecule has 18 heavy (non-hydrogen) atoms. The number of urea groups is 1. The summed E-state index contributed by atoms with van der Waals surface area (Å²) in [7, 11) is 3.17. The van der Waals surface area contributed by atoms with Crippen LogP contribution in [0.5, 0.6) is 0 Å². The van der Waals surface area contributed by atoms with E-state index in [4.69, 9.17) is 5.11 Å². The van der Waals surface area contributed by atoms with Crippen LogP contribution in [0.15, 0.2) is 12.2 Å². The minimum Gasteiger partial charge on any atom is -0.478 e.